The Hall–Kier alpha value is -2.32. The van der Waals surface area contributed by atoms with Crippen molar-refractivity contribution >= 4 is 11.8 Å². The number of Topliss-reactive ketones (excluding diaryl/α,β-unsaturated/α-hetero) is 1. The predicted molar refractivity (Wildman–Crippen MR) is 88.7 cm³/mol. The Morgan fingerprint density at radius 2 is 1.62 bits per heavy atom. The maximum absolute atomic E-state index is 10.9. The molecule has 1 rings (SSSR count). The summed E-state index contributed by atoms with van der Waals surface area (Å²) >= 11 is 0. The van der Waals surface area contributed by atoms with Gasteiger partial charge in [-0.3, -0.25) is 4.79 Å². The number of aliphatic hydroxyl groups excluding tert-OH is 4. The fraction of sp³-hybridized carbons (Fsp3) is 0.412. The number of quaternary nitrogens is 1. The summed E-state index contributed by atoms with van der Waals surface area (Å²) in [5.41, 5.74) is 1.46. The van der Waals surface area contributed by atoms with E-state index in [1.54, 1.807) is 24.3 Å². The van der Waals surface area contributed by atoms with Gasteiger partial charge in [0.1, 0.15) is 24.3 Å². The number of ether oxygens (including phenoxy) is 1. The van der Waals surface area contributed by atoms with Crippen molar-refractivity contribution in [1.82, 2.24) is 6.15 Å². The molecule has 9 nitrogen and oxygen atoms in total. The molecule has 0 radical (unpaired) electrons. The third kappa shape index (κ3) is 7.28. The minimum Gasteiger partial charge on any atom is -0.542 e. The minimum absolute atomic E-state index is 0. The van der Waals surface area contributed by atoms with Gasteiger partial charge in [0.2, 0.25) is 0 Å². The van der Waals surface area contributed by atoms with Crippen molar-refractivity contribution in [2.24, 2.45) is 0 Å². The summed E-state index contributed by atoms with van der Waals surface area (Å²) in [5.74, 6) is -0.987. The highest BCUT2D eigenvalue weighted by atomic mass is 16.5. The van der Waals surface area contributed by atoms with Gasteiger partial charge in [-0.2, -0.15) is 0 Å². The van der Waals surface area contributed by atoms with Gasteiger partial charge in [0, 0.05) is 12.0 Å². The molecule has 0 aliphatic heterocycles. The fourth-order valence-corrected chi connectivity index (χ4v) is 1.94. The van der Waals surface area contributed by atoms with Gasteiger partial charge in [-0.15, -0.1) is 6.42 Å². The highest BCUT2D eigenvalue weighted by Gasteiger charge is 2.31. The Balaban J connectivity index is 0.00000625. The zero-order valence-electron chi connectivity index (χ0n) is 14.2. The number of ketones is 1. The molecule has 26 heavy (non-hydrogen) atoms. The molecule has 0 amide bonds. The summed E-state index contributed by atoms with van der Waals surface area (Å²) in [6, 6.07) is 6.86. The van der Waals surface area contributed by atoms with Crippen LogP contribution in [0.3, 0.4) is 0 Å². The molecule has 1 aromatic rings. The molecule has 9 heteroatoms. The first-order chi connectivity index (χ1) is 11.8. The van der Waals surface area contributed by atoms with E-state index in [9.17, 15) is 35.1 Å². The summed E-state index contributed by atoms with van der Waals surface area (Å²) in [4.78, 5) is 21.2. The van der Waals surface area contributed by atoms with Crippen molar-refractivity contribution in [3.05, 3.63) is 35.4 Å². The van der Waals surface area contributed by atoms with E-state index in [0.717, 1.165) is 5.56 Å². The first-order valence-corrected chi connectivity index (χ1v) is 7.36. The molecule has 1 aromatic carbocycles. The molecule has 0 aromatic heterocycles. The fourth-order valence-electron chi connectivity index (χ4n) is 1.94. The number of terminal acetylenes is 1. The average Bonchev–Trinajstić information content (AvgIpc) is 2.60. The number of carbonyl (C=O) groups is 2. The van der Waals surface area contributed by atoms with Crippen LogP contribution in [0.1, 0.15) is 17.5 Å². The molecule has 0 bridgehead atoms. The number of aliphatic hydroxyl groups is 4. The summed E-state index contributed by atoms with van der Waals surface area (Å²) in [6.45, 7) is -0.257. The lowest BCUT2D eigenvalue weighted by Gasteiger charge is -2.26. The minimum atomic E-state index is -2.01. The van der Waals surface area contributed by atoms with Crippen LogP contribution in [0.5, 0.6) is 0 Å². The number of rotatable bonds is 10. The molecule has 0 saturated carbocycles. The third-order valence-corrected chi connectivity index (χ3v) is 3.44. The van der Waals surface area contributed by atoms with Gasteiger partial charge >= 0.3 is 0 Å². The Kier molecular flexibility index (Phi) is 10.3. The summed E-state index contributed by atoms with van der Waals surface area (Å²) in [6.07, 6.45) is -2.92. The van der Waals surface area contributed by atoms with E-state index in [1.807, 2.05) is 0 Å². The lowest BCUT2D eigenvalue weighted by Crippen LogP contribution is -2.47. The Morgan fingerprint density at radius 3 is 2.12 bits per heavy atom. The quantitative estimate of drug-likeness (QED) is 0.225. The number of benzene rings is 1. The summed E-state index contributed by atoms with van der Waals surface area (Å²) < 4.78 is 5.20. The van der Waals surface area contributed by atoms with Gasteiger partial charge in [0.05, 0.1) is 19.3 Å². The molecule has 0 heterocycles. The van der Waals surface area contributed by atoms with E-state index in [4.69, 9.17) is 11.2 Å². The predicted octanol–water partition coefficient (Wildman–Crippen LogP) is -2.29. The van der Waals surface area contributed by atoms with E-state index < -0.39 is 42.6 Å². The van der Waals surface area contributed by atoms with Gasteiger partial charge in [-0.1, -0.05) is 18.1 Å². The zero-order valence-corrected chi connectivity index (χ0v) is 14.2. The molecule has 0 unspecified atom stereocenters. The second-order valence-corrected chi connectivity index (χ2v) is 5.39. The van der Waals surface area contributed by atoms with Gasteiger partial charge in [-0.25, -0.2) is 0 Å². The molecule has 0 aliphatic carbocycles. The van der Waals surface area contributed by atoms with Crippen LogP contribution in [0, 0.1) is 12.3 Å². The maximum atomic E-state index is 10.9. The molecule has 4 atom stereocenters. The molecule has 144 valence electrons. The van der Waals surface area contributed by atoms with Gasteiger partial charge < -0.3 is 41.2 Å². The lowest BCUT2D eigenvalue weighted by molar-refractivity contribution is -0.300. The van der Waals surface area contributed by atoms with Crippen LogP contribution >= 0.6 is 0 Å². The third-order valence-electron chi connectivity index (χ3n) is 3.44. The largest absolute Gasteiger partial charge is 0.542 e. The second-order valence-electron chi connectivity index (χ2n) is 5.39. The average molecular weight is 369 g/mol. The van der Waals surface area contributed by atoms with Crippen LogP contribution in [0.25, 0.3) is 0 Å². The van der Waals surface area contributed by atoms with E-state index in [2.05, 4.69) is 5.92 Å². The molecule has 0 spiro atoms. The Morgan fingerprint density at radius 1 is 1.08 bits per heavy atom. The summed E-state index contributed by atoms with van der Waals surface area (Å²) in [5, 5.41) is 49.0. The van der Waals surface area contributed by atoms with Crippen molar-refractivity contribution in [2.45, 2.75) is 37.4 Å². The van der Waals surface area contributed by atoms with Crippen molar-refractivity contribution in [3.8, 4) is 12.3 Å². The molecule has 8 N–H and O–H groups in total. The van der Waals surface area contributed by atoms with Crippen LogP contribution in [0.4, 0.5) is 0 Å². The van der Waals surface area contributed by atoms with Gasteiger partial charge in [-0.05, 0) is 17.7 Å². The number of aliphatic carboxylic acids is 1. The van der Waals surface area contributed by atoms with Crippen LogP contribution in [-0.2, 0) is 20.9 Å². The van der Waals surface area contributed by atoms with Crippen LogP contribution in [-0.4, -0.2) is 63.2 Å². The van der Waals surface area contributed by atoms with Crippen LogP contribution in [0.15, 0.2) is 24.3 Å². The monoisotopic (exact) mass is 369 g/mol. The first kappa shape index (κ1) is 23.7. The molecular formula is C17H23NO8. The van der Waals surface area contributed by atoms with E-state index in [0.29, 0.717) is 5.56 Å². The molecule has 0 aliphatic rings. The number of hydrogen-bond acceptors (Lipinski definition) is 8. The number of carboxylic acid groups (broad SMARTS) is 1. The van der Waals surface area contributed by atoms with E-state index in [1.165, 1.54) is 0 Å². The maximum Gasteiger partial charge on any atom is 0.180 e. The second kappa shape index (κ2) is 11.3. The van der Waals surface area contributed by atoms with E-state index in [-0.39, 0.29) is 19.4 Å². The molecule has 0 saturated heterocycles. The SMILES string of the molecule is C#Cc1ccc(COC[C@@H](O)[C@@H](O)[C@H](O)[C@H](O)CC(=O)C(=O)[O-])cc1.[NH4+]. The first-order valence-electron chi connectivity index (χ1n) is 7.36. The number of hydrogen-bond donors (Lipinski definition) is 5. The molecular weight excluding hydrogens is 346 g/mol. The lowest BCUT2D eigenvalue weighted by atomic mass is 9.99. The highest BCUT2D eigenvalue weighted by Crippen LogP contribution is 2.10. The van der Waals surface area contributed by atoms with Crippen LogP contribution < -0.4 is 11.3 Å². The van der Waals surface area contributed by atoms with Gasteiger partial charge in [0.15, 0.2) is 5.78 Å². The number of carbonyl (C=O) groups excluding carboxylic acids is 2. The summed E-state index contributed by atoms with van der Waals surface area (Å²) in [7, 11) is 0. The normalized spacial score (nSPS) is 15.0. The van der Waals surface area contributed by atoms with E-state index >= 15 is 0 Å². The highest BCUT2D eigenvalue weighted by molar-refractivity contribution is 6.31. The van der Waals surface area contributed by atoms with Crippen molar-refractivity contribution in [3.63, 3.8) is 0 Å². The Bertz CT molecular complexity index is 625. The number of carboxylic acids is 1. The standard InChI is InChI=1S/C17H20O8.H3N/c1-2-10-3-5-11(6-4-10)8-25-9-14(20)16(22)15(21)12(18)7-13(19)17(23)24;/h1,3-6,12,14-16,18,20-22H,7-9H2,(H,23,24);1H3/t12-,14-,15-,16-;/m1./s1. The van der Waals surface area contributed by atoms with Gasteiger partial charge in [0.25, 0.3) is 0 Å². The van der Waals surface area contributed by atoms with Crippen molar-refractivity contribution in [1.29, 1.82) is 0 Å². The smallest absolute Gasteiger partial charge is 0.180 e. The van der Waals surface area contributed by atoms with Crippen molar-refractivity contribution < 1.29 is 39.9 Å². The Labute approximate surface area is 150 Å². The van der Waals surface area contributed by atoms with Crippen LogP contribution in [0.2, 0.25) is 0 Å². The topological polar surface area (TPSA) is 184 Å². The zero-order chi connectivity index (χ0) is 19.0. The molecule has 0 fully saturated rings. The van der Waals surface area contributed by atoms with Crippen molar-refractivity contribution in [2.75, 3.05) is 6.61 Å².